The smallest absolute Gasteiger partial charge is 0.0456 e. The van der Waals surface area contributed by atoms with Gasteiger partial charge in [-0.15, -0.1) is 12.6 Å². The zero-order chi connectivity index (χ0) is 11.1. The molecule has 0 heterocycles. The highest BCUT2D eigenvalue weighted by atomic mass is 32.1. The Labute approximate surface area is 99.3 Å². The second-order valence-corrected chi connectivity index (χ2v) is 4.44. The van der Waals surface area contributed by atoms with Gasteiger partial charge in [0, 0.05) is 10.6 Å². The van der Waals surface area contributed by atoms with E-state index < -0.39 is 0 Å². The largest absolute Gasteiger partial charge is 0.398 e. The quantitative estimate of drug-likeness (QED) is 0.339. The van der Waals surface area contributed by atoms with Crippen molar-refractivity contribution in [3.8, 4) is 0 Å². The predicted molar refractivity (Wildman–Crippen MR) is 73.1 cm³/mol. The monoisotopic (exact) mass is 225 g/mol. The van der Waals surface area contributed by atoms with Gasteiger partial charge in [-0.25, -0.2) is 0 Å². The fourth-order valence-electron chi connectivity index (χ4n) is 2.00. The van der Waals surface area contributed by atoms with E-state index in [1.165, 1.54) is 16.2 Å². The van der Waals surface area contributed by atoms with Crippen LogP contribution >= 0.6 is 12.6 Å². The summed E-state index contributed by atoms with van der Waals surface area (Å²) in [5.74, 6) is 0. The van der Waals surface area contributed by atoms with E-state index in [1.54, 1.807) is 0 Å². The zero-order valence-electron chi connectivity index (χ0n) is 8.64. The molecule has 16 heavy (non-hydrogen) atoms. The van der Waals surface area contributed by atoms with Crippen LogP contribution in [0.4, 0.5) is 5.69 Å². The number of hydrogen-bond donors (Lipinski definition) is 2. The Kier molecular flexibility index (Phi) is 2.04. The standard InChI is InChI=1S/C14H11NS/c15-13-7-11-5-9-3-1-2-4-10(9)6-12(11)8-14(13)16/h1-8,16H,15H2. The van der Waals surface area contributed by atoms with Crippen LogP contribution in [0.25, 0.3) is 21.5 Å². The van der Waals surface area contributed by atoms with Crippen LogP contribution in [0.1, 0.15) is 0 Å². The van der Waals surface area contributed by atoms with Crippen LogP contribution in [0, 0.1) is 0 Å². The first kappa shape index (κ1) is 9.55. The molecule has 3 aromatic rings. The summed E-state index contributed by atoms with van der Waals surface area (Å²) in [6.07, 6.45) is 0. The summed E-state index contributed by atoms with van der Waals surface area (Å²) in [6, 6.07) is 16.6. The van der Waals surface area contributed by atoms with Crippen molar-refractivity contribution in [1.82, 2.24) is 0 Å². The molecule has 3 rings (SSSR count). The summed E-state index contributed by atoms with van der Waals surface area (Å²) in [7, 11) is 0. The summed E-state index contributed by atoms with van der Waals surface area (Å²) in [5.41, 5.74) is 6.58. The van der Waals surface area contributed by atoms with Gasteiger partial charge >= 0.3 is 0 Å². The van der Waals surface area contributed by atoms with Crippen molar-refractivity contribution in [2.45, 2.75) is 4.90 Å². The SMILES string of the molecule is Nc1cc2cc3ccccc3cc2cc1S. The number of anilines is 1. The van der Waals surface area contributed by atoms with Crippen LogP contribution in [-0.2, 0) is 0 Å². The van der Waals surface area contributed by atoms with Crippen molar-refractivity contribution >= 4 is 39.9 Å². The average molecular weight is 225 g/mol. The highest BCUT2D eigenvalue weighted by Crippen LogP contribution is 2.28. The third kappa shape index (κ3) is 1.42. The van der Waals surface area contributed by atoms with Crippen LogP contribution < -0.4 is 5.73 Å². The number of hydrogen-bond acceptors (Lipinski definition) is 2. The van der Waals surface area contributed by atoms with Gasteiger partial charge in [0.2, 0.25) is 0 Å². The summed E-state index contributed by atoms with van der Waals surface area (Å²) < 4.78 is 0. The van der Waals surface area contributed by atoms with Gasteiger partial charge in [0.05, 0.1) is 0 Å². The third-order valence-corrected chi connectivity index (χ3v) is 3.24. The molecule has 2 heteroatoms. The van der Waals surface area contributed by atoms with E-state index in [2.05, 4.69) is 36.9 Å². The van der Waals surface area contributed by atoms with Crippen molar-refractivity contribution in [1.29, 1.82) is 0 Å². The van der Waals surface area contributed by atoms with E-state index >= 15 is 0 Å². The fraction of sp³-hybridized carbons (Fsp3) is 0. The lowest BCUT2D eigenvalue weighted by atomic mass is 10.0. The van der Waals surface area contributed by atoms with Crippen molar-refractivity contribution in [3.05, 3.63) is 48.5 Å². The maximum absolute atomic E-state index is 5.85. The van der Waals surface area contributed by atoms with Crippen LogP contribution in [0.3, 0.4) is 0 Å². The van der Waals surface area contributed by atoms with Crippen molar-refractivity contribution in [2.75, 3.05) is 5.73 Å². The van der Waals surface area contributed by atoms with Crippen LogP contribution in [0.2, 0.25) is 0 Å². The van der Waals surface area contributed by atoms with E-state index in [-0.39, 0.29) is 0 Å². The Morgan fingerprint density at radius 1 is 0.750 bits per heavy atom. The molecule has 0 amide bonds. The second-order valence-electron chi connectivity index (χ2n) is 3.96. The molecule has 0 aliphatic carbocycles. The first-order valence-corrected chi connectivity index (χ1v) is 5.60. The molecule has 0 aliphatic heterocycles. The summed E-state index contributed by atoms with van der Waals surface area (Å²) in [6.45, 7) is 0. The molecule has 0 bridgehead atoms. The van der Waals surface area contributed by atoms with E-state index in [4.69, 9.17) is 5.73 Å². The molecular formula is C14H11NS. The molecule has 0 radical (unpaired) electrons. The van der Waals surface area contributed by atoms with Gasteiger partial charge in [0.25, 0.3) is 0 Å². The molecule has 0 aliphatic rings. The zero-order valence-corrected chi connectivity index (χ0v) is 9.54. The van der Waals surface area contributed by atoms with Gasteiger partial charge in [-0.05, 0) is 45.8 Å². The molecule has 0 saturated heterocycles. The van der Waals surface area contributed by atoms with Gasteiger partial charge in [0.1, 0.15) is 0 Å². The van der Waals surface area contributed by atoms with Gasteiger partial charge in [-0.1, -0.05) is 24.3 Å². The molecule has 0 fully saturated rings. The van der Waals surface area contributed by atoms with Gasteiger partial charge < -0.3 is 5.73 Å². The Hall–Kier alpha value is -1.67. The topological polar surface area (TPSA) is 26.0 Å². The van der Waals surface area contributed by atoms with Crippen LogP contribution in [0.5, 0.6) is 0 Å². The predicted octanol–water partition coefficient (Wildman–Crippen LogP) is 3.86. The molecule has 0 spiro atoms. The lowest BCUT2D eigenvalue weighted by Crippen LogP contribution is -1.87. The lowest BCUT2D eigenvalue weighted by molar-refractivity contribution is 1.52. The number of fused-ring (bicyclic) bond motifs is 2. The summed E-state index contributed by atoms with van der Waals surface area (Å²) in [4.78, 5) is 0.836. The molecule has 0 atom stereocenters. The maximum Gasteiger partial charge on any atom is 0.0456 e. The Morgan fingerprint density at radius 2 is 1.31 bits per heavy atom. The normalized spacial score (nSPS) is 11.1. The van der Waals surface area contributed by atoms with Gasteiger partial charge in [0.15, 0.2) is 0 Å². The van der Waals surface area contributed by atoms with Crippen molar-refractivity contribution in [2.24, 2.45) is 0 Å². The molecule has 78 valence electrons. The Morgan fingerprint density at radius 3 is 1.94 bits per heavy atom. The molecule has 2 N–H and O–H groups in total. The third-order valence-electron chi connectivity index (χ3n) is 2.85. The number of benzene rings is 3. The Balaban J connectivity index is 2.46. The van der Waals surface area contributed by atoms with Crippen molar-refractivity contribution in [3.63, 3.8) is 0 Å². The molecule has 1 nitrogen and oxygen atoms in total. The van der Waals surface area contributed by atoms with Crippen LogP contribution in [0.15, 0.2) is 53.4 Å². The highest BCUT2D eigenvalue weighted by molar-refractivity contribution is 7.80. The second kappa shape index (κ2) is 3.42. The Bertz CT molecular complexity index is 629. The maximum atomic E-state index is 5.85. The van der Waals surface area contributed by atoms with E-state index in [9.17, 15) is 0 Å². The first-order chi connectivity index (χ1) is 7.74. The highest BCUT2D eigenvalue weighted by Gasteiger charge is 2.01. The number of thiol groups is 1. The number of nitrogens with two attached hydrogens (primary N) is 1. The fourth-order valence-corrected chi connectivity index (χ4v) is 2.20. The molecule has 0 saturated carbocycles. The van der Waals surface area contributed by atoms with Crippen molar-refractivity contribution < 1.29 is 0 Å². The molecule has 3 aromatic carbocycles. The van der Waals surface area contributed by atoms with Crippen LogP contribution in [-0.4, -0.2) is 0 Å². The minimum absolute atomic E-state index is 0.728. The molecule has 0 unspecified atom stereocenters. The summed E-state index contributed by atoms with van der Waals surface area (Å²) in [5, 5.41) is 4.82. The minimum atomic E-state index is 0.728. The van der Waals surface area contributed by atoms with E-state index in [0.717, 1.165) is 16.0 Å². The van der Waals surface area contributed by atoms with Gasteiger partial charge in [-0.3, -0.25) is 0 Å². The van der Waals surface area contributed by atoms with E-state index in [1.807, 2.05) is 24.3 Å². The molecular weight excluding hydrogens is 214 g/mol. The average Bonchev–Trinajstić information content (AvgIpc) is 2.28. The summed E-state index contributed by atoms with van der Waals surface area (Å²) >= 11 is 4.34. The number of rotatable bonds is 0. The molecule has 0 aromatic heterocycles. The number of nitrogen functional groups attached to an aromatic ring is 1. The minimum Gasteiger partial charge on any atom is -0.398 e. The van der Waals surface area contributed by atoms with E-state index in [0.29, 0.717) is 0 Å². The van der Waals surface area contributed by atoms with Gasteiger partial charge in [-0.2, -0.15) is 0 Å². The first-order valence-electron chi connectivity index (χ1n) is 5.15. The lowest BCUT2D eigenvalue weighted by Gasteiger charge is -2.05.